The lowest BCUT2D eigenvalue weighted by Crippen LogP contribution is -2.53. The Morgan fingerprint density at radius 1 is 1.10 bits per heavy atom. The number of ether oxygens (including phenoxy) is 2. The Morgan fingerprint density at radius 2 is 1.79 bits per heavy atom. The second-order valence-corrected chi connectivity index (χ2v) is 21.7. The van der Waals surface area contributed by atoms with Crippen LogP contribution in [-0.2, 0) is 29.8 Å². The summed E-state index contributed by atoms with van der Waals surface area (Å²) in [6, 6.07) is 5.30. The summed E-state index contributed by atoms with van der Waals surface area (Å²) in [5, 5.41) is 6.55. The van der Waals surface area contributed by atoms with Crippen LogP contribution in [0.25, 0.3) is 33.1 Å². The number of hydrogen-bond donors (Lipinski definition) is 0. The summed E-state index contributed by atoms with van der Waals surface area (Å²) in [4.78, 5) is 36.7. The van der Waals surface area contributed by atoms with Crippen molar-refractivity contribution < 1.29 is 14.3 Å². The highest BCUT2D eigenvalue weighted by Crippen LogP contribution is 2.42. The number of aryl methyl sites for hydroxylation is 1. The summed E-state index contributed by atoms with van der Waals surface area (Å²) in [6.07, 6.45) is 7.14. The molecule has 2 saturated heterocycles. The summed E-state index contributed by atoms with van der Waals surface area (Å²) >= 11 is 7.06. The van der Waals surface area contributed by atoms with Gasteiger partial charge in [0.15, 0.2) is 5.65 Å². The SMILES string of the molecule is CCn1cc2c(Cl)c(-c3cn(COCC[Si](C)(C)C)c4nc(N5[C@@H]6CC[C@H]5CC(N(C)C(=O)OC(C)(C)C)C6)n(C)c(=O)c34)ccc2n1. The number of carbonyl (C=O) groups excluding carboxylic acids is 1. The molecule has 3 atom stereocenters. The van der Waals surface area contributed by atoms with Crippen LogP contribution >= 0.6 is 11.6 Å². The standard InChI is InChI=1S/C35H50ClN7O4Si/c1-10-42-20-27-28(38-42)14-13-25(30(27)36)26-19-41(21-46-15-16-48(7,8)9)31-29(26)32(44)40(6)33(37-31)43-22-11-12-23(43)18-24(17-22)39(5)34(45)47-35(2,3)4/h13-14,19-20,22-24H,10-12,15-18,21H2,1-9H3/t22-,23+,24?. The first-order chi connectivity index (χ1) is 22.6. The number of rotatable bonds is 9. The lowest BCUT2D eigenvalue weighted by Gasteiger charge is -2.43. The molecule has 0 aliphatic carbocycles. The zero-order valence-electron chi connectivity index (χ0n) is 29.8. The normalized spacial score (nSPS) is 19.9. The predicted octanol–water partition coefficient (Wildman–Crippen LogP) is 7.10. The van der Waals surface area contributed by atoms with Gasteiger partial charge in [-0.25, -0.2) is 4.79 Å². The van der Waals surface area contributed by atoms with Crippen LogP contribution in [0.2, 0.25) is 30.7 Å². The van der Waals surface area contributed by atoms with Crippen LogP contribution in [-0.4, -0.2) is 80.3 Å². The maximum Gasteiger partial charge on any atom is 0.410 e. The van der Waals surface area contributed by atoms with Crippen LogP contribution in [0, 0.1) is 0 Å². The first kappa shape index (κ1) is 34.5. The van der Waals surface area contributed by atoms with Crippen LogP contribution in [0.4, 0.5) is 10.7 Å². The largest absolute Gasteiger partial charge is 0.444 e. The van der Waals surface area contributed by atoms with Crippen molar-refractivity contribution in [2.75, 3.05) is 18.6 Å². The second-order valence-electron chi connectivity index (χ2n) is 15.7. The number of aromatic nitrogens is 5. The average Bonchev–Trinajstić information content (AvgIpc) is 3.67. The fourth-order valence-electron chi connectivity index (χ4n) is 7.13. The number of fused-ring (bicyclic) bond motifs is 4. The molecule has 11 nitrogen and oxygen atoms in total. The zero-order chi connectivity index (χ0) is 34.7. The highest BCUT2D eigenvalue weighted by atomic mass is 35.5. The van der Waals surface area contributed by atoms with E-state index in [1.54, 1.807) is 9.47 Å². The number of halogens is 1. The van der Waals surface area contributed by atoms with Crippen molar-refractivity contribution in [2.24, 2.45) is 7.05 Å². The van der Waals surface area contributed by atoms with E-state index in [4.69, 9.17) is 26.1 Å². The van der Waals surface area contributed by atoms with Crippen LogP contribution in [0.5, 0.6) is 0 Å². The molecular formula is C35H50ClN7O4Si. The molecule has 0 saturated carbocycles. The molecule has 1 amide bonds. The molecule has 3 aromatic heterocycles. The van der Waals surface area contributed by atoms with Crippen molar-refractivity contribution in [2.45, 2.75) is 116 Å². The van der Waals surface area contributed by atoms with Gasteiger partial charge in [-0.2, -0.15) is 10.1 Å². The summed E-state index contributed by atoms with van der Waals surface area (Å²) in [7, 11) is 2.35. The van der Waals surface area contributed by atoms with Crippen molar-refractivity contribution in [3.05, 3.63) is 39.9 Å². The summed E-state index contributed by atoms with van der Waals surface area (Å²) in [5.74, 6) is 0.650. The summed E-state index contributed by atoms with van der Waals surface area (Å²) in [5.41, 5.74) is 2.22. The first-order valence-corrected chi connectivity index (χ1v) is 21.2. The molecule has 48 heavy (non-hydrogen) atoms. The van der Waals surface area contributed by atoms with Crippen LogP contribution in [0.3, 0.4) is 0 Å². The summed E-state index contributed by atoms with van der Waals surface area (Å²) in [6.45, 7) is 16.4. The number of amides is 1. The first-order valence-electron chi connectivity index (χ1n) is 17.1. The lowest BCUT2D eigenvalue weighted by atomic mass is 9.96. The van der Waals surface area contributed by atoms with Gasteiger partial charge in [-0.3, -0.25) is 14.0 Å². The topological polar surface area (TPSA) is 99.6 Å². The van der Waals surface area contributed by atoms with E-state index in [-0.39, 0.29) is 36.5 Å². The third-order valence-corrected chi connectivity index (χ3v) is 11.9. The van der Waals surface area contributed by atoms with Gasteiger partial charge in [0.25, 0.3) is 5.56 Å². The monoisotopic (exact) mass is 695 g/mol. The van der Waals surface area contributed by atoms with Crippen LogP contribution in [0.1, 0.15) is 53.4 Å². The molecular weight excluding hydrogens is 646 g/mol. The van der Waals surface area contributed by atoms with Gasteiger partial charge in [0.1, 0.15) is 12.3 Å². The van der Waals surface area contributed by atoms with E-state index in [0.717, 1.165) is 60.3 Å². The van der Waals surface area contributed by atoms with Gasteiger partial charge in [0.05, 0.1) is 15.9 Å². The molecule has 13 heteroatoms. The number of nitrogens with zero attached hydrogens (tertiary/aromatic N) is 7. The molecule has 1 aromatic carbocycles. The Hall–Kier alpha value is -3.35. The molecule has 260 valence electrons. The highest BCUT2D eigenvalue weighted by molar-refractivity contribution is 6.76. The Bertz CT molecular complexity index is 1890. The maximum absolute atomic E-state index is 14.4. The van der Waals surface area contributed by atoms with Crippen molar-refractivity contribution >= 4 is 53.7 Å². The Labute approximate surface area is 288 Å². The number of anilines is 1. The fourth-order valence-corrected chi connectivity index (χ4v) is 8.20. The Morgan fingerprint density at radius 3 is 2.42 bits per heavy atom. The average molecular weight is 696 g/mol. The minimum atomic E-state index is -1.29. The quantitative estimate of drug-likeness (QED) is 0.136. The molecule has 6 rings (SSSR count). The molecule has 2 fully saturated rings. The minimum Gasteiger partial charge on any atom is -0.444 e. The Kier molecular flexibility index (Phi) is 9.23. The highest BCUT2D eigenvalue weighted by Gasteiger charge is 2.45. The molecule has 0 spiro atoms. The third-order valence-electron chi connectivity index (χ3n) is 9.75. The summed E-state index contributed by atoms with van der Waals surface area (Å²) < 4.78 is 17.4. The van der Waals surface area contributed by atoms with Crippen LogP contribution < -0.4 is 10.5 Å². The van der Waals surface area contributed by atoms with Crippen LogP contribution in [0.15, 0.2) is 29.3 Å². The van der Waals surface area contributed by atoms with E-state index < -0.39 is 13.7 Å². The minimum absolute atomic E-state index is 0.0544. The van der Waals surface area contributed by atoms with Crippen molar-refractivity contribution in [1.82, 2.24) is 28.8 Å². The van der Waals surface area contributed by atoms with E-state index >= 15 is 0 Å². The maximum atomic E-state index is 14.4. The molecule has 2 aliphatic heterocycles. The van der Waals surface area contributed by atoms with Gasteiger partial charge in [0.2, 0.25) is 5.95 Å². The number of benzene rings is 1. The van der Waals surface area contributed by atoms with E-state index in [1.807, 2.05) is 75.6 Å². The zero-order valence-corrected chi connectivity index (χ0v) is 31.6. The number of hydrogen-bond acceptors (Lipinski definition) is 7. The van der Waals surface area contributed by atoms with Crippen molar-refractivity contribution in [1.29, 1.82) is 0 Å². The molecule has 2 bridgehead atoms. The molecule has 5 heterocycles. The van der Waals surface area contributed by atoms with Crippen molar-refractivity contribution in [3.63, 3.8) is 0 Å². The molecule has 0 N–H and O–H groups in total. The van der Waals surface area contributed by atoms with Crippen molar-refractivity contribution in [3.8, 4) is 11.1 Å². The molecule has 0 radical (unpaired) electrons. The fraction of sp³-hybridized carbons (Fsp3) is 0.600. The molecule has 4 aromatic rings. The molecule has 2 aliphatic rings. The predicted molar refractivity (Wildman–Crippen MR) is 195 cm³/mol. The molecule has 1 unspecified atom stereocenters. The second kappa shape index (κ2) is 12.8. The van der Waals surface area contributed by atoms with Gasteiger partial charge >= 0.3 is 6.09 Å². The van der Waals surface area contributed by atoms with Gasteiger partial charge in [0, 0.05) is 82.4 Å². The van der Waals surface area contributed by atoms with Gasteiger partial charge in [-0.1, -0.05) is 37.3 Å². The lowest BCUT2D eigenvalue weighted by molar-refractivity contribution is 0.0186. The third kappa shape index (κ3) is 6.63. The Balaban J connectivity index is 1.39. The van der Waals surface area contributed by atoms with E-state index in [1.165, 1.54) is 0 Å². The smallest absolute Gasteiger partial charge is 0.410 e. The van der Waals surface area contributed by atoms with E-state index in [0.29, 0.717) is 28.6 Å². The number of carbonyl (C=O) groups is 1. The van der Waals surface area contributed by atoms with E-state index in [9.17, 15) is 9.59 Å². The number of piperidine rings is 1. The van der Waals surface area contributed by atoms with Gasteiger partial charge in [-0.05, 0) is 65.5 Å². The van der Waals surface area contributed by atoms with E-state index in [2.05, 4.69) is 29.6 Å². The van der Waals surface area contributed by atoms with Gasteiger partial charge < -0.3 is 23.8 Å². The van der Waals surface area contributed by atoms with Gasteiger partial charge in [-0.15, -0.1) is 0 Å².